The summed E-state index contributed by atoms with van der Waals surface area (Å²) < 4.78 is 19.8. The van der Waals surface area contributed by atoms with Gasteiger partial charge in [-0.1, -0.05) is 25.1 Å². The summed E-state index contributed by atoms with van der Waals surface area (Å²) in [5, 5.41) is 3.90. The zero-order valence-corrected chi connectivity index (χ0v) is 16.3. The number of rotatable bonds is 3. The second-order valence-electron chi connectivity index (χ2n) is 6.46. The van der Waals surface area contributed by atoms with Crippen LogP contribution in [0.15, 0.2) is 47.1 Å². The molecule has 1 unspecified atom stereocenters. The number of para-hydroxylation sites is 1. The molecule has 4 rings (SSSR count). The van der Waals surface area contributed by atoms with Crippen LogP contribution in [0.2, 0.25) is 0 Å². The minimum Gasteiger partial charge on any atom is -0.493 e. The van der Waals surface area contributed by atoms with Crippen molar-refractivity contribution in [1.29, 1.82) is 0 Å². The lowest BCUT2D eigenvalue weighted by atomic mass is 9.98. The third kappa shape index (κ3) is 3.18. The summed E-state index contributed by atoms with van der Waals surface area (Å²) in [6.45, 7) is 2.54. The average Bonchev–Trinajstić information content (AvgIpc) is 2.70. The van der Waals surface area contributed by atoms with Gasteiger partial charge in [-0.15, -0.1) is 0 Å². The van der Waals surface area contributed by atoms with Crippen molar-refractivity contribution in [2.24, 2.45) is 0 Å². The van der Waals surface area contributed by atoms with E-state index in [9.17, 15) is 9.18 Å². The Morgan fingerprint density at radius 3 is 2.96 bits per heavy atom. The molecule has 1 aliphatic heterocycles. The highest BCUT2D eigenvalue weighted by Gasteiger charge is 2.24. The molecule has 0 bridgehead atoms. The van der Waals surface area contributed by atoms with Crippen molar-refractivity contribution in [3.8, 4) is 5.75 Å². The standard InChI is InChI=1S/C21H18BrFN2O2/c1-2-12-13-7-8-16(23)19(22)20(13)24-11-15(12)21(26)25-17-9-10-27-18-6-4-3-5-14(17)18/h3-8,11,17H,2,9-10H2,1H3,(H,25,26). The predicted octanol–water partition coefficient (Wildman–Crippen LogP) is 4.95. The van der Waals surface area contributed by atoms with E-state index in [1.807, 2.05) is 31.2 Å². The van der Waals surface area contributed by atoms with Crippen molar-refractivity contribution in [2.75, 3.05) is 6.61 Å². The third-order valence-corrected chi connectivity index (χ3v) is 5.66. The van der Waals surface area contributed by atoms with Gasteiger partial charge in [0.25, 0.3) is 5.91 Å². The normalized spacial score (nSPS) is 15.9. The summed E-state index contributed by atoms with van der Waals surface area (Å²) in [4.78, 5) is 17.4. The molecule has 1 aromatic heterocycles. The third-order valence-electron chi connectivity index (χ3n) is 4.90. The first-order chi connectivity index (χ1) is 13.1. The van der Waals surface area contributed by atoms with Crippen LogP contribution < -0.4 is 10.1 Å². The molecule has 27 heavy (non-hydrogen) atoms. The van der Waals surface area contributed by atoms with Crippen molar-refractivity contribution in [3.63, 3.8) is 0 Å². The molecule has 2 heterocycles. The first-order valence-electron chi connectivity index (χ1n) is 8.88. The highest BCUT2D eigenvalue weighted by Crippen LogP contribution is 2.33. The van der Waals surface area contributed by atoms with Gasteiger partial charge < -0.3 is 10.1 Å². The summed E-state index contributed by atoms with van der Waals surface area (Å²) in [5.74, 6) is 0.261. The second kappa shape index (κ2) is 7.27. The van der Waals surface area contributed by atoms with Crippen LogP contribution in [0.1, 0.15) is 40.9 Å². The maximum Gasteiger partial charge on any atom is 0.253 e. The number of amides is 1. The number of pyridine rings is 1. The van der Waals surface area contributed by atoms with Crippen molar-refractivity contribution < 1.29 is 13.9 Å². The second-order valence-corrected chi connectivity index (χ2v) is 7.26. The molecule has 138 valence electrons. The first-order valence-corrected chi connectivity index (χ1v) is 9.67. The van der Waals surface area contributed by atoms with Crippen LogP contribution in [0.5, 0.6) is 5.75 Å². The van der Waals surface area contributed by atoms with Gasteiger partial charge in [0.1, 0.15) is 11.6 Å². The quantitative estimate of drug-likeness (QED) is 0.641. The van der Waals surface area contributed by atoms with Gasteiger partial charge in [0.2, 0.25) is 0 Å². The van der Waals surface area contributed by atoms with Gasteiger partial charge in [-0.2, -0.15) is 0 Å². The number of carbonyl (C=O) groups excluding carboxylic acids is 1. The number of hydrogen-bond donors (Lipinski definition) is 1. The van der Waals surface area contributed by atoms with Crippen LogP contribution in [-0.2, 0) is 6.42 Å². The van der Waals surface area contributed by atoms with E-state index in [-0.39, 0.29) is 17.8 Å². The van der Waals surface area contributed by atoms with E-state index in [4.69, 9.17) is 4.74 Å². The Labute approximate surface area is 164 Å². The summed E-state index contributed by atoms with van der Waals surface area (Å²) in [7, 11) is 0. The molecular formula is C21H18BrFN2O2. The number of nitrogens with one attached hydrogen (secondary N) is 1. The van der Waals surface area contributed by atoms with E-state index in [1.54, 1.807) is 6.07 Å². The van der Waals surface area contributed by atoms with Gasteiger partial charge in [-0.3, -0.25) is 9.78 Å². The largest absolute Gasteiger partial charge is 0.493 e. The van der Waals surface area contributed by atoms with Gasteiger partial charge in [0.05, 0.1) is 28.2 Å². The van der Waals surface area contributed by atoms with Gasteiger partial charge in [0, 0.05) is 23.6 Å². The van der Waals surface area contributed by atoms with Crippen molar-refractivity contribution in [3.05, 3.63) is 69.6 Å². The van der Waals surface area contributed by atoms with Crippen molar-refractivity contribution >= 4 is 32.7 Å². The van der Waals surface area contributed by atoms with E-state index in [1.165, 1.54) is 12.3 Å². The van der Waals surface area contributed by atoms with Gasteiger partial charge in [-0.25, -0.2) is 4.39 Å². The zero-order chi connectivity index (χ0) is 19.0. The van der Waals surface area contributed by atoms with Crippen LogP contribution in [0.3, 0.4) is 0 Å². The molecule has 1 amide bonds. The van der Waals surface area contributed by atoms with E-state index in [2.05, 4.69) is 26.2 Å². The van der Waals surface area contributed by atoms with Gasteiger partial charge in [0.15, 0.2) is 0 Å². The summed E-state index contributed by atoms with van der Waals surface area (Å²) in [5.41, 5.74) is 2.89. The SMILES string of the molecule is CCc1c(C(=O)NC2CCOc3ccccc32)cnc2c(Br)c(F)ccc12. The monoisotopic (exact) mass is 428 g/mol. The Balaban J connectivity index is 1.71. The molecule has 0 radical (unpaired) electrons. The lowest BCUT2D eigenvalue weighted by molar-refractivity contribution is 0.0923. The molecule has 0 spiro atoms. The Hall–Kier alpha value is -2.47. The molecule has 0 saturated heterocycles. The molecule has 0 aliphatic carbocycles. The van der Waals surface area contributed by atoms with Crippen molar-refractivity contribution in [1.82, 2.24) is 10.3 Å². The summed E-state index contributed by atoms with van der Waals surface area (Å²) in [6.07, 6.45) is 2.89. The number of halogens is 2. The number of aromatic nitrogens is 1. The average molecular weight is 429 g/mol. The molecule has 3 aromatic rings. The van der Waals surface area contributed by atoms with Crippen LogP contribution in [0, 0.1) is 5.82 Å². The van der Waals surface area contributed by atoms with Crippen LogP contribution in [0.25, 0.3) is 10.9 Å². The highest BCUT2D eigenvalue weighted by atomic mass is 79.9. The Kier molecular flexibility index (Phi) is 4.83. The van der Waals surface area contributed by atoms with Crippen LogP contribution in [0.4, 0.5) is 4.39 Å². The fourth-order valence-corrected chi connectivity index (χ4v) is 4.01. The van der Waals surface area contributed by atoms with E-state index in [0.29, 0.717) is 35.0 Å². The predicted molar refractivity (Wildman–Crippen MR) is 106 cm³/mol. The minimum atomic E-state index is -0.368. The van der Waals surface area contributed by atoms with Crippen LogP contribution >= 0.6 is 15.9 Å². The van der Waals surface area contributed by atoms with Gasteiger partial charge in [-0.05, 0) is 46.1 Å². The topological polar surface area (TPSA) is 51.2 Å². The van der Waals surface area contributed by atoms with E-state index < -0.39 is 0 Å². The summed E-state index contributed by atoms with van der Waals surface area (Å²) in [6, 6.07) is 10.7. The van der Waals surface area contributed by atoms with E-state index in [0.717, 1.165) is 22.3 Å². The molecule has 6 heteroatoms. The molecule has 0 fully saturated rings. The number of nitrogens with zero attached hydrogens (tertiary/aromatic N) is 1. The number of aryl methyl sites for hydroxylation is 1. The fourth-order valence-electron chi connectivity index (χ4n) is 3.57. The fraction of sp³-hybridized carbons (Fsp3) is 0.238. The maximum absolute atomic E-state index is 13.8. The number of carbonyl (C=O) groups is 1. The molecule has 0 saturated carbocycles. The van der Waals surface area contributed by atoms with Crippen LogP contribution in [-0.4, -0.2) is 17.5 Å². The minimum absolute atomic E-state index is 0.109. The number of ether oxygens (including phenoxy) is 1. The van der Waals surface area contributed by atoms with Gasteiger partial charge >= 0.3 is 0 Å². The molecule has 1 N–H and O–H groups in total. The zero-order valence-electron chi connectivity index (χ0n) is 14.8. The summed E-state index contributed by atoms with van der Waals surface area (Å²) >= 11 is 3.25. The van der Waals surface area contributed by atoms with E-state index >= 15 is 0 Å². The Bertz CT molecular complexity index is 1040. The smallest absolute Gasteiger partial charge is 0.253 e. The molecular weight excluding hydrogens is 411 g/mol. The molecule has 4 nitrogen and oxygen atoms in total. The van der Waals surface area contributed by atoms with Crippen molar-refractivity contribution in [2.45, 2.75) is 25.8 Å². The molecule has 1 aliphatic rings. The Morgan fingerprint density at radius 2 is 2.15 bits per heavy atom. The number of fused-ring (bicyclic) bond motifs is 2. The molecule has 1 atom stereocenters. The number of benzene rings is 2. The maximum atomic E-state index is 13.8. The highest BCUT2D eigenvalue weighted by molar-refractivity contribution is 9.10. The number of hydrogen-bond acceptors (Lipinski definition) is 3. The molecule has 2 aromatic carbocycles. The Morgan fingerprint density at radius 1 is 1.33 bits per heavy atom. The first kappa shape index (κ1) is 17.9. The lowest BCUT2D eigenvalue weighted by Gasteiger charge is -2.27. The lowest BCUT2D eigenvalue weighted by Crippen LogP contribution is -2.32.